The molecule has 3 heterocycles. The van der Waals surface area contributed by atoms with E-state index in [0.29, 0.717) is 11.4 Å². The van der Waals surface area contributed by atoms with Crippen LogP contribution in [0.5, 0.6) is 0 Å². The number of benzene rings is 1. The summed E-state index contributed by atoms with van der Waals surface area (Å²) in [4.78, 5) is 25.5. The van der Waals surface area contributed by atoms with Crippen LogP contribution in [0.4, 0.5) is 5.82 Å². The van der Waals surface area contributed by atoms with Crippen molar-refractivity contribution < 1.29 is 4.79 Å². The molecule has 1 aliphatic rings. The molecule has 4 rings (SSSR count). The van der Waals surface area contributed by atoms with Gasteiger partial charge in [0.25, 0.3) is 0 Å². The SMILES string of the molecule is O=C(CCc1cccc(Cl)c1)N1CCN(c2ncnc3ccsc23)CC1. The molecule has 3 aromatic rings. The van der Waals surface area contributed by atoms with Gasteiger partial charge in [-0.1, -0.05) is 23.7 Å². The number of anilines is 1. The lowest BCUT2D eigenvalue weighted by Crippen LogP contribution is -2.49. The van der Waals surface area contributed by atoms with Crippen molar-refractivity contribution in [2.24, 2.45) is 0 Å². The first-order chi connectivity index (χ1) is 12.7. The summed E-state index contributed by atoms with van der Waals surface area (Å²) in [5.41, 5.74) is 2.09. The Bertz CT molecular complexity index is 921. The van der Waals surface area contributed by atoms with Crippen LogP contribution < -0.4 is 4.90 Å². The third kappa shape index (κ3) is 3.66. The number of nitrogens with zero attached hydrogens (tertiary/aromatic N) is 4. The summed E-state index contributed by atoms with van der Waals surface area (Å²) in [5, 5.41) is 2.76. The highest BCUT2D eigenvalue weighted by Gasteiger charge is 2.23. The second-order valence-corrected chi connectivity index (χ2v) is 7.68. The van der Waals surface area contributed by atoms with Crippen LogP contribution in [0.1, 0.15) is 12.0 Å². The van der Waals surface area contributed by atoms with Crippen LogP contribution in [-0.2, 0) is 11.2 Å². The number of aryl methyl sites for hydroxylation is 1. The third-order valence-electron chi connectivity index (χ3n) is 4.67. The minimum atomic E-state index is 0.202. The van der Waals surface area contributed by atoms with Crippen LogP contribution in [0, 0.1) is 0 Å². The van der Waals surface area contributed by atoms with E-state index in [4.69, 9.17) is 11.6 Å². The van der Waals surface area contributed by atoms with Crippen LogP contribution >= 0.6 is 22.9 Å². The normalized spacial score (nSPS) is 14.8. The van der Waals surface area contributed by atoms with Crippen LogP contribution in [0.25, 0.3) is 10.2 Å². The van der Waals surface area contributed by atoms with Gasteiger partial charge in [-0.3, -0.25) is 4.79 Å². The van der Waals surface area contributed by atoms with Crippen molar-refractivity contribution in [2.75, 3.05) is 31.1 Å². The number of aromatic nitrogens is 2. The maximum absolute atomic E-state index is 12.5. The topological polar surface area (TPSA) is 49.3 Å². The van der Waals surface area contributed by atoms with Gasteiger partial charge in [0.2, 0.25) is 5.91 Å². The molecule has 1 amide bonds. The number of carbonyl (C=O) groups is 1. The molecule has 0 N–H and O–H groups in total. The maximum Gasteiger partial charge on any atom is 0.223 e. The molecule has 1 aromatic carbocycles. The second kappa shape index (κ2) is 7.60. The molecule has 0 radical (unpaired) electrons. The van der Waals surface area contributed by atoms with Crippen molar-refractivity contribution in [3.8, 4) is 0 Å². The molecule has 7 heteroatoms. The summed E-state index contributed by atoms with van der Waals surface area (Å²) in [6, 6.07) is 9.73. The molecule has 0 bridgehead atoms. The summed E-state index contributed by atoms with van der Waals surface area (Å²) in [7, 11) is 0. The number of thiophene rings is 1. The van der Waals surface area contributed by atoms with Crippen LogP contribution in [0.3, 0.4) is 0 Å². The Labute approximate surface area is 161 Å². The van der Waals surface area contributed by atoms with Crippen molar-refractivity contribution >= 4 is 44.9 Å². The van der Waals surface area contributed by atoms with Gasteiger partial charge in [0.1, 0.15) is 12.1 Å². The molecule has 0 unspecified atom stereocenters. The van der Waals surface area contributed by atoms with E-state index in [0.717, 1.165) is 54.2 Å². The Balaban J connectivity index is 1.34. The number of rotatable bonds is 4. The van der Waals surface area contributed by atoms with E-state index in [9.17, 15) is 4.79 Å². The molecule has 0 aliphatic carbocycles. The van der Waals surface area contributed by atoms with Gasteiger partial charge >= 0.3 is 0 Å². The first kappa shape index (κ1) is 17.2. The molecule has 5 nitrogen and oxygen atoms in total. The van der Waals surface area contributed by atoms with Gasteiger partial charge in [-0.2, -0.15) is 0 Å². The molecule has 1 fully saturated rings. The van der Waals surface area contributed by atoms with E-state index in [1.165, 1.54) is 0 Å². The predicted molar refractivity (Wildman–Crippen MR) is 106 cm³/mol. The summed E-state index contributed by atoms with van der Waals surface area (Å²) in [6.45, 7) is 3.05. The van der Waals surface area contributed by atoms with Gasteiger partial charge in [0.15, 0.2) is 0 Å². The lowest BCUT2D eigenvalue weighted by Gasteiger charge is -2.35. The number of amides is 1. The first-order valence-electron chi connectivity index (χ1n) is 8.66. The minimum Gasteiger partial charge on any atom is -0.352 e. The number of halogens is 1. The van der Waals surface area contributed by atoms with Gasteiger partial charge in [0.05, 0.1) is 10.2 Å². The van der Waals surface area contributed by atoms with Gasteiger partial charge in [-0.15, -0.1) is 11.3 Å². The summed E-state index contributed by atoms with van der Waals surface area (Å²) >= 11 is 7.67. The highest BCUT2D eigenvalue weighted by Crippen LogP contribution is 2.28. The number of hydrogen-bond donors (Lipinski definition) is 0. The van der Waals surface area contributed by atoms with E-state index < -0.39 is 0 Å². The van der Waals surface area contributed by atoms with Crippen molar-refractivity contribution in [3.63, 3.8) is 0 Å². The van der Waals surface area contributed by atoms with Crippen LogP contribution in [0.2, 0.25) is 5.02 Å². The maximum atomic E-state index is 12.5. The zero-order valence-corrected chi connectivity index (χ0v) is 15.8. The average Bonchev–Trinajstić information content (AvgIpc) is 3.15. The number of fused-ring (bicyclic) bond motifs is 1. The Morgan fingerprint density at radius 1 is 1.15 bits per heavy atom. The van der Waals surface area contributed by atoms with E-state index in [1.807, 2.05) is 40.6 Å². The standard InChI is InChI=1S/C19H19ClN4OS/c20-15-3-1-2-14(12-15)4-5-17(25)23-7-9-24(10-8-23)19-18-16(6-11-26-18)21-13-22-19/h1-3,6,11-13H,4-5,7-10H2. The molecular formula is C19H19ClN4OS. The summed E-state index contributed by atoms with van der Waals surface area (Å²) in [6.07, 6.45) is 2.86. The fourth-order valence-electron chi connectivity index (χ4n) is 3.27. The van der Waals surface area contributed by atoms with Crippen molar-refractivity contribution in [3.05, 3.63) is 52.6 Å². The smallest absolute Gasteiger partial charge is 0.223 e. The third-order valence-corrected chi connectivity index (χ3v) is 5.81. The Morgan fingerprint density at radius 3 is 2.81 bits per heavy atom. The van der Waals surface area contributed by atoms with Crippen molar-refractivity contribution in [2.45, 2.75) is 12.8 Å². The van der Waals surface area contributed by atoms with E-state index in [2.05, 4.69) is 14.9 Å². The lowest BCUT2D eigenvalue weighted by molar-refractivity contribution is -0.131. The molecule has 1 aliphatic heterocycles. The molecule has 1 saturated heterocycles. The Morgan fingerprint density at radius 2 is 2.00 bits per heavy atom. The van der Waals surface area contributed by atoms with Crippen LogP contribution in [-0.4, -0.2) is 47.0 Å². The molecule has 0 saturated carbocycles. The Kier molecular flexibility index (Phi) is 5.04. The molecule has 0 spiro atoms. The second-order valence-electron chi connectivity index (χ2n) is 6.33. The molecular weight excluding hydrogens is 368 g/mol. The lowest BCUT2D eigenvalue weighted by atomic mass is 10.1. The fourth-order valence-corrected chi connectivity index (χ4v) is 4.35. The van der Waals surface area contributed by atoms with Crippen LogP contribution in [0.15, 0.2) is 42.0 Å². The van der Waals surface area contributed by atoms with E-state index in [1.54, 1.807) is 17.7 Å². The van der Waals surface area contributed by atoms with Gasteiger partial charge in [-0.25, -0.2) is 9.97 Å². The monoisotopic (exact) mass is 386 g/mol. The predicted octanol–water partition coefficient (Wildman–Crippen LogP) is 3.63. The highest BCUT2D eigenvalue weighted by atomic mass is 35.5. The quantitative estimate of drug-likeness (QED) is 0.687. The largest absolute Gasteiger partial charge is 0.352 e. The minimum absolute atomic E-state index is 0.202. The van der Waals surface area contributed by atoms with E-state index >= 15 is 0 Å². The number of carbonyl (C=O) groups excluding carboxylic acids is 1. The zero-order valence-electron chi connectivity index (χ0n) is 14.3. The van der Waals surface area contributed by atoms with Gasteiger partial charge in [0, 0.05) is 37.6 Å². The fraction of sp³-hybridized carbons (Fsp3) is 0.316. The number of piperazine rings is 1. The molecule has 134 valence electrons. The van der Waals surface area contributed by atoms with Gasteiger partial charge < -0.3 is 9.80 Å². The Hall–Kier alpha value is -2.18. The van der Waals surface area contributed by atoms with E-state index in [-0.39, 0.29) is 5.91 Å². The first-order valence-corrected chi connectivity index (χ1v) is 9.92. The molecule has 0 atom stereocenters. The van der Waals surface area contributed by atoms with Crippen molar-refractivity contribution in [1.29, 1.82) is 0 Å². The van der Waals surface area contributed by atoms with Crippen molar-refractivity contribution in [1.82, 2.24) is 14.9 Å². The summed E-state index contributed by atoms with van der Waals surface area (Å²) < 4.78 is 1.12. The highest BCUT2D eigenvalue weighted by molar-refractivity contribution is 7.17. The average molecular weight is 387 g/mol. The summed E-state index contributed by atoms with van der Waals surface area (Å²) in [5.74, 6) is 1.18. The molecule has 26 heavy (non-hydrogen) atoms. The molecule has 2 aromatic heterocycles. The van der Waals surface area contributed by atoms with Gasteiger partial charge in [-0.05, 0) is 35.6 Å². The zero-order chi connectivity index (χ0) is 17.9. The number of hydrogen-bond acceptors (Lipinski definition) is 5.